The van der Waals surface area contributed by atoms with Gasteiger partial charge >= 0.3 is 0 Å². The minimum atomic E-state index is 0.487. The van der Waals surface area contributed by atoms with E-state index in [0.717, 1.165) is 18.7 Å². The lowest BCUT2D eigenvalue weighted by atomic mass is 10.2. The summed E-state index contributed by atoms with van der Waals surface area (Å²) in [5.41, 5.74) is 3.12. The van der Waals surface area contributed by atoms with Crippen molar-refractivity contribution < 1.29 is 4.48 Å². The molecule has 2 nitrogen and oxygen atoms in total. The second kappa shape index (κ2) is 5.41. The van der Waals surface area contributed by atoms with Crippen LogP contribution in [0.1, 0.15) is 19.8 Å². The van der Waals surface area contributed by atoms with Gasteiger partial charge in [0.1, 0.15) is 0 Å². The SMILES string of the molecule is CCCCNc1ccc(NF)cc1. The first-order valence-electron chi connectivity index (χ1n) is 4.57. The molecule has 0 unspecified atom stereocenters. The molecule has 0 aromatic heterocycles. The number of halogens is 1. The second-order valence-electron chi connectivity index (χ2n) is 2.95. The van der Waals surface area contributed by atoms with E-state index >= 15 is 0 Å². The minimum Gasteiger partial charge on any atom is -0.385 e. The molecule has 0 radical (unpaired) electrons. The van der Waals surface area contributed by atoms with Crippen LogP contribution in [0.2, 0.25) is 0 Å². The molecule has 0 fully saturated rings. The Morgan fingerprint density at radius 2 is 1.77 bits per heavy atom. The van der Waals surface area contributed by atoms with Crippen molar-refractivity contribution in [2.45, 2.75) is 19.8 Å². The molecule has 0 atom stereocenters. The van der Waals surface area contributed by atoms with Crippen LogP contribution in [-0.2, 0) is 0 Å². The van der Waals surface area contributed by atoms with Gasteiger partial charge in [-0.2, -0.15) is 0 Å². The van der Waals surface area contributed by atoms with Gasteiger partial charge in [0.25, 0.3) is 0 Å². The van der Waals surface area contributed by atoms with Gasteiger partial charge in [0, 0.05) is 12.2 Å². The summed E-state index contributed by atoms with van der Waals surface area (Å²) in [6, 6.07) is 7.12. The standard InChI is InChI=1S/C10H15FN2/c1-2-3-8-12-9-4-6-10(13-11)7-5-9/h4-7,12-13H,2-3,8H2,1H3. The van der Waals surface area contributed by atoms with Crippen molar-refractivity contribution in [3.8, 4) is 0 Å². The first-order chi connectivity index (χ1) is 6.36. The Bertz CT molecular complexity index is 233. The number of hydrogen-bond acceptors (Lipinski definition) is 2. The molecule has 0 aliphatic carbocycles. The van der Waals surface area contributed by atoms with Crippen molar-refractivity contribution in [1.29, 1.82) is 0 Å². The Morgan fingerprint density at radius 3 is 2.31 bits per heavy atom. The lowest BCUT2D eigenvalue weighted by Gasteiger charge is -2.05. The molecule has 0 bridgehead atoms. The lowest BCUT2D eigenvalue weighted by molar-refractivity contribution is 0.618. The van der Waals surface area contributed by atoms with Gasteiger partial charge in [-0.25, -0.2) is 5.54 Å². The zero-order valence-electron chi connectivity index (χ0n) is 7.81. The molecular formula is C10H15FN2. The molecule has 2 N–H and O–H groups in total. The smallest absolute Gasteiger partial charge is 0.0657 e. The molecule has 1 rings (SSSR count). The van der Waals surface area contributed by atoms with Crippen LogP contribution < -0.4 is 10.9 Å². The van der Waals surface area contributed by atoms with E-state index in [1.165, 1.54) is 6.42 Å². The van der Waals surface area contributed by atoms with E-state index in [4.69, 9.17) is 0 Å². The fraction of sp³-hybridized carbons (Fsp3) is 0.400. The summed E-state index contributed by atoms with van der Waals surface area (Å²) in [6.45, 7) is 3.12. The summed E-state index contributed by atoms with van der Waals surface area (Å²) in [4.78, 5) is 0. The van der Waals surface area contributed by atoms with Crippen LogP contribution in [0.15, 0.2) is 24.3 Å². The van der Waals surface area contributed by atoms with E-state index in [-0.39, 0.29) is 0 Å². The molecule has 1 aromatic rings. The van der Waals surface area contributed by atoms with E-state index < -0.39 is 0 Å². The summed E-state index contributed by atoms with van der Waals surface area (Å²) in [5.74, 6) is 0. The van der Waals surface area contributed by atoms with Gasteiger partial charge in [0.05, 0.1) is 5.69 Å². The highest BCUT2D eigenvalue weighted by atomic mass is 19.2. The third-order valence-electron chi connectivity index (χ3n) is 1.85. The van der Waals surface area contributed by atoms with Crippen LogP contribution >= 0.6 is 0 Å². The van der Waals surface area contributed by atoms with Crippen molar-refractivity contribution in [2.75, 3.05) is 17.4 Å². The van der Waals surface area contributed by atoms with Crippen molar-refractivity contribution in [2.24, 2.45) is 0 Å². The normalized spacial score (nSPS) is 9.69. The highest BCUT2D eigenvalue weighted by molar-refractivity contribution is 5.52. The van der Waals surface area contributed by atoms with Crippen LogP contribution in [0.3, 0.4) is 0 Å². The zero-order valence-corrected chi connectivity index (χ0v) is 7.81. The first-order valence-corrected chi connectivity index (χ1v) is 4.57. The van der Waals surface area contributed by atoms with Crippen molar-refractivity contribution in [3.05, 3.63) is 24.3 Å². The van der Waals surface area contributed by atoms with Gasteiger partial charge in [-0.1, -0.05) is 13.3 Å². The van der Waals surface area contributed by atoms with Crippen LogP contribution in [0, 0.1) is 0 Å². The average Bonchev–Trinajstić information content (AvgIpc) is 2.19. The zero-order chi connectivity index (χ0) is 9.52. The molecule has 0 saturated heterocycles. The van der Waals surface area contributed by atoms with Gasteiger partial charge < -0.3 is 5.32 Å². The molecule has 0 saturated carbocycles. The average molecular weight is 182 g/mol. The molecular weight excluding hydrogens is 167 g/mol. The lowest BCUT2D eigenvalue weighted by Crippen LogP contribution is -2.00. The largest absolute Gasteiger partial charge is 0.385 e. The number of nitrogens with one attached hydrogen (secondary N) is 2. The van der Waals surface area contributed by atoms with E-state index in [0.29, 0.717) is 5.69 Å². The highest BCUT2D eigenvalue weighted by Gasteiger charge is 1.91. The number of benzene rings is 1. The van der Waals surface area contributed by atoms with Gasteiger partial charge in [-0.05, 0) is 30.7 Å². The van der Waals surface area contributed by atoms with Crippen LogP contribution in [0.5, 0.6) is 0 Å². The molecule has 0 aliphatic heterocycles. The summed E-state index contributed by atoms with van der Waals surface area (Å²) in [7, 11) is 0. The van der Waals surface area contributed by atoms with Gasteiger partial charge in [0.15, 0.2) is 0 Å². The molecule has 1 aromatic carbocycles. The van der Waals surface area contributed by atoms with Crippen molar-refractivity contribution >= 4 is 11.4 Å². The summed E-state index contributed by atoms with van der Waals surface area (Å²) in [6.07, 6.45) is 2.33. The fourth-order valence-corrected chi connectivity index (χ4v) is 1.06. The van der Waals surface area contributed by atoms with E-state index in [1.54, 1.807) is 17.7 Å². The maximum atomic E-state index is 11.9. The summed E-state index contributed by atoms with van der Waals surface area (Å²) in [5, 5.41) is 3.25. The quantitative estimate of drug-likeness (QED) is 0.539. The van der Waals surface area contributed by atoms with E-state index in [9.17, 15) is 4.48 Å². The van der Waals surface area contributed by atoms with E-state index in [1.807, 2.05) is 12.1 Å². The third kappa shape index (κ3) is 3.32. The van der Waals surface area contributed by atoms with Crippen LogP contribution in [-0.4, -0.2) is 6.54 Å². The number of unbranched alkanes of at least 4 members (excludes halogenated alkanes) is 1. The Hall–Kier alpha value is -1.25. The minimum absolute atomic E-state index is 0.487. The number of hydrogen-bond donors (Lipinski definition) is 2. The molecule has 72 valence electrons. The first kappa shape index (κ1) is 9.84. The predicted octanol–water partition coefficient (Wildman–Crippen LogP) is 3.20. The Balaban J connectivity index is 2.40. The van der Waals surface area contributed by atoms with Crippen molar-refractivity contribution in [1.82, 2.24) is 0 Å². The van der Waals surface area contributed by atoms with Gasteiger partial charge in [-0.3, -0.25) is 0 Å². The monoisotopic (exact) mass is 182 g/mol. The van der Waals surface area contributed by atoms with Crippen LogP contribution in [0.25, 0.3) is 0 Å². The maximum absolute atomic E-state index is 11.9. The molecule has 3 heteroatoms. The van der Waals surface area contributed by atoms with Gasteiger partial charge in [0.2, 0.25) is 0 Å². The predicted molar refractivity (Wildman–Crippen MR) is 54.6 cm³/mol. The van der Waals surface area contributed by atoms with E-state index in [2.05, 4.69) is 12.2 Å². The molecule has 0 aliphatic rings. The highest BCUT2D eigenvalue weighted by Crippen LogP contribution is 2.13. The third-order valence-corrected chi connectivity index (χ3v) is 1.85. The Labute approximate surface area is 78.1 Å². The summed E-state index contributed by atoms with van der Waals surface area (Å²) < 4.78 is 11.9. The molecule has 0 amide bonds. The fourth-order valence-electron chi connectivity index (χ4n) is 1.06. The topological polar surface area (TPSA) is 24.1 Å². The number of rotatable bonds is 5. The van der Waals surface area contributed by atoms with Gasteiger partial charge in [-0.15, -0.1) is 4.48 Å². The van der Waals surface area contributed by atoms with Crippen molar-refractivity contribution in [3.63, 3.8) is 0 Å². The Kier molecular flexibility index (Phi) is 4.09. The molecule has 0 heterocycles. The Morgan fingerprint density at radius 1 is 1.15 bits per heavy atom. The maximum Gasteiger partial charge on any atom is 0.0657 e. The number of anilines is 2. The molecule has 13 heavy (non-hydrogen) atoms. The second-order valence-corrected chi connectivity index (χ2v) is 2.95. The van der Waals surface area contributed by atoms with Crippen LogP contribution in [0.4, 0.5) is 15.9 Å². The summed E-state index contributed by atoms with van der Waals surface area (Å²) >= 11 is 0. The molecule has 0 spiro atoms.